The predicted octanol–water partition coefficient (Wildman–Crippen LogP) is 0.752. The number of allylic oxidation sites excluding steroid dienone is 1. The molecule has 0 amide bonds. The van der Waals surface area contributed by atoms with Crippen molar-refractivity contribution in [2.24, 2.45) is 0 Å². The molecular weight excluding hydrogens is 132 g/mol. The van der Waals surface area contributed by atoms with E-state index < -0.39 is 0 Å². The van der Waals surface area contributed by atoms with E-state index in [4.69, 9.17) is 4.74 Å². The van der Waals surface area contributed by atoms with Crippen LogP contribution in [0.4, 0.5) is 0 Å². The van der Waals surface area contributed by atoms with E-state index in [1.807, 2.05) is 0 Å². The Kier molecular flexibility index (Phi) is 6.02. The first kappa shape index (κ1) is 9.33. The lowest BCUT2D eigenvalue weighted by atomic mass is 10.3. The van der Waals surface area contributed by atoms with E-state index in [0.29, 0.717) is 13.0 Å². The zero-order valence-corrected chi connectivity index (χ0v) is 6.13. The topological polar surface area (TPSA) is 35.5 Å². The number of ketones is 1. The predicted molar refractivity (Wildman–Crippen MR) is 37.6 cm³/mol. The molecule has 0 N–H and O–H groups in total. The van der Waals surface area contributed by atoms with Gasteiger partial charge in [-0.1, -0.05) is 6.58 Å². The minimum atomic E-state index is -0.00361. The molecule has 0 aliphatic heterocycles. The number of ether oxygens (including phenoxy) is 2. The van der Waals surface area contributed by atoms with Crippen molar-refractivity contribution < 1.29 is 14.3 Å². The molecule has 0 aliphatic rings. The third-order valence-electron chi connectivity index (χ3n) is 0.922. The highest BCUT2D eigenvalue weighted by Gasteiger charge is 1.93. The van der Waals surface area contributed by atoms with Gasteiger partial charge in [-0.2, -0.15) is 0 Å². The van der Waals surface area contributed by atoms with Gasteiger partial charge in [0.15, 0.2) is 5.78 Å². The average molecular weight is 144 g/mol. The third-order valence-corrected chi connectivity index (χ3v) is 0.922. The Balaban J connectivity index is 3.03. The zero-order chi connectivity index (χ0) is 7.82. The molecule has 0 rings (SSSR count). The van der Waals surface area contributed by atoms with Gasteiger partial charge in [0.2, 0.25) is 0 Å². The number of carbonyl (C=O) groups is 1. The van der Waals surface area contributed by atoms with Gasteiger partial charge in [0.05, 0.1) is 6.61 Å². The molecule has 0 atom stereocenters. The molecule has 0 saturated heterocycles. The summed E-state index contributed by atoms with van der Waals surface area (Å²) in [7, 11) is 1.54. The van der Waals surface area contributed by atoms with Crippen LogP contribution in [0.2, 0.25) is 0 Å². The fraction of sp³-hybridized carbons (Fsp3) is 0.571. The monoisotopic (exact) mass is 144 g/mol. The summed E-state index contributed by atoms with van der Waals surface area (Å²) in [6.45, 7) is 3.97. The van der Waals surface area contributed by atoms with Crippen LogP contribution in [-0.2, 0) is 14.3 Å². The van der Waals surface area contributed by atoms with E-state index >= 15 is 0 Å². The van der Waals surface area contributed by atoms with E-state index in [9.17, 15) is 4.79 Å². The highest BCUT2D eigenvalue weighted by Crippen LogP contribution is 1.85. The molecular formula is C7H12O3. The summed E-state index contributed by atoms with van der Waals surface area (Å²) in [4.78, 5) is 10.5. The second-order valence-electron chi connectivity index (χ2n) is 1.74. The number of rotatable bonds is 6. The van der Waals surface area contributed by atoms with Crippen molar-refractivity contribution in [2.45, 2.75) is 6.42 Å². The lowest BCUT2D eigenvalue weighted by molar-refractivity contribution is -0.116. The van der Waals surface area contributed by atoms with Crippen LogP contribution in [0.1, 0.15) is 6.42 Å². The molecule has 3 nitrogen and oxygen atoms in total. The van der Waals surface area contributed by atoms with Crippen molar-refractivity contribution >= 4 is 5.78 Å². The van der Waals surface area contributed by atoms with E-state index in [-0.39, 0.29) is 12.6 Å². The molecule has 0 heterocycles. The fourth-order valence-corrected chi connectivity index (χ4v) is 0.417. The van der Waals surface area contributed by atoms with Crippen LogP contribution in [0.15, 0.2) is 12.7 Å². The standard InChI is InChI=1S/C7H12O3/c1-3-7(8)4-5-10-6-9-2/h3H,1,4-6H2,2H3. The van der Waals surface area contributed by atoms with Crippen molar-refractivity contribution in [1.29, 1.82) is 0 Å². The first-order valence-electron chi connectivity index (χ1n) is 3.03. The maximum atomic E-state index is 10.5. The maximum absolute atomic E-state index is 10.5. The van der Waals surface area contributed by atoms with Crippen LogP contribution in [0.5, 0.6) is 0 Å². The van der Waals surface area contributed by atoms with Crippen molar-refractivity contribution in [3.05, 3.63) is 12.7 Å². The smallest absolute Gasteiger partial charge is 0.157 e. The highest BCUT2D eigenvalue weighted by atomic mass is 16.7. The Morgan fingerprint density at radius 3 is 2.90 bits per heavy atom. The second-order valence-corrected chi connectivity index (χ2v) is 1.74. The molecule has 0 aromatic carbocycles. The minimum Gasteiger partial charge on any atom is -0.359 e. The van der Waals surface area contributed by atoms with Gasteiger partial charge in [0.25, 0.3) is 0 Å². The largest absolute Gasteiger partial charge is 0.359 e. The zero-order valence-electron chi connectivity index (χ0n) is 6.13. The van der Waals surface area contributed by atoms with Gasteiger partial charge in [0.1, 0.15) is 6.79 Å². The maximum Gasteiger partial charge on any atom is 0.157 e. The summed E-state index contributed by atoms with van der Waals surface area (Å²) in [6, 6.07) is 0. The molecule has 0 fully saturated rings. The summed E-state index contributed by atoms with van der Waals surface area (Å²) in [5.74, 6) is -0.00361. The van der Waals surface area contributed by atoms with Crippen molar-refractivity contribution in [1.82, 2.24) is 0 Å². The van der Waals surface area contributed by atoms with E-state index in [1.165, 1.54) is 13.2 Å². The second kappa shape index (κ2) is 6.45. The van der Waals surface area contributed by atoms with Crippen LogP contribution >= 0.6 is 0 Å². The molecule has 0 spiro atoms. The van der Waals surface area contributed by atoms with Gasteiger partial charge < -0.3 is 9.47 Å². The van der Waals surface area contributed by atoms with Crippen molar-refractivity contribution in [3.63, 3.8) is 0 Å². The number of hydrogen-bond acceptors (Lipinski definition) is 3. The Labute approximate surface area is 60.6 Å². The van der Waals surface area contributed by atoms with E-state index in [2.05, 4.69) is 11.3 Å². The van der Waals surface area contributed by atoms with E-state index in [0.717, 1.165) is 0 Å². The van der Waals surface area contributed by atoms with Crippen LogP contribution in [-0.4, -0.2) is 26.3 Å². The number of methoxy groups -OCH3 is 1. The summed E-state index contributed by atoms with van der Waals surface area (Å²) in [6.07, 6.45) is 1.67. The van der Waals surface area contributed by atoms with Gasteiger partial charge >= 0.3 is 0 Å². The van der Waals surface area contributed by atoms with Gasteiger partial charge in [-0.3, -0.25) is 4.79 Å². The Morgan fingerprint density at radius 1 is 1.70 bits per heavy atom. The first-order valence-corrected chi connectivity index (χ1v) is 3.03. The molecule has 0 aliphatic carbocycles. The summed E-state index contributed by atoms with van der Waals surface area (Å²) >= 11 is 0. The molecule has 0 radical (unpaired) electrons. The summed E-state index contributed by atoms with van der Waals surface area (Å²) < 4.78 is 9.46. The van der Waals surface area contributed by atoms with Crippen LogP contribution in [0.3, 0.4) is 0 Å². The number of hydrogen-bond donors (Lipinski definition) is 0. The Bertz CT molecular complexity index is 109. The molecule has 0 bridgehead atoms. The normalized spacial score (nSPS) is 9.30. The SMILES string of the molecule is C=CC(=O)CCOCOC. The fourth-order valence-electron chi connectivity index (χ4n) is 0.417. The van der Waals surface area contributed by atoms with Gasteiger partial charge in [-0.05, 0) is 6.08 Å². The molecule has 0 aromatic rings. The highest BCUT2D eigenvalue weighted by molar-refractivity contribution is 5.89. The Hall–Kier alpha value is -0.670. The van der Waals surface area contributed by atoms with E-state index in [1.54, 1.807) is 0 Å². The lowest BCUT2D eigenvalue weighted by Crippen LogP contribution is -2.03. The van der Waals surface area contributed by atoms with Crippen molar-refractivity contribution in [2.75, 3.05) is 20.5 Å². The third kappa shape index (κ3) is 5.47. The molecule has 0 aromatic heterocycles. The molecule has 3 heteroatoms. The first-order chi connectivity index (χ1) is 4.81. The van der Waals surface area contributed by atoms with Crippen molar-refractivity contribution in [3.8, 4) is 0 Å². The molecule has 10 heavy (non-hydrogen) atoms. The summed E-state index contributed by atoms with van der Waals surface area (Å²) in [5.41, 5.74) is 0. The number of carbonyl (C=O) groups excluding carboxylic acids is 1. The van der Waals surface area contributed by atoms with Gasteiger partial charge in [-0.25, -0.2) is 0 Å². The quantitative estimate of drug-likeness (QED) is 0.313. The molecule has 0 unspecified atom stereocenters. The minimum absolute atomic E-state index is 0.00361. The van der Waals surface area contributed by atoms with Gasteiger partial charge in [0, 0.05) is 13.5 Å². The van der Waals surface area contributed by atoms with Crippen LogP contribution in [0.25, 0.3) is 0 Å². The summed E-state index contributed by atoms with van der Waals surface area (Å²) in [5, 5.41) is 0. The van der Waals surface area contributed by atoms with Crippen LogP contribution in [0, 0.1) is 0 Å². The Morgan fingerprint density at radius 2 is 2.40 bits per heavy atom. The molecule has 58 valence electrons. The van der Waals surface area contributed by atoms with Gasteiger partial charge in [-0.15, -0.1) is 0 Å². The average Bonchev–Trinajstić information content (AvgIpc) is 1.98. The van der Waals surface area contributed by atoms with Crippen LogP contribution < -0.4 is 0 Å². The lowest BCUT2D eigenvalue weighted by Gasteiger charge is -1.98. The molecule has 0 saturated carbocycles.